The average molecular weight is 492 g/mol. The third-order valence-corrected chi connectivity index (χ3v) is 5.34. The van der Waals surface area contributed by atoms with Crippen LogP contribution < -0.4 is 0 Å². The SMILES string of the molecule is Cc1nc2ccc(Cl)cc2c(-c2ccccc2)c1C(=O)/C=C/[C]1[CH][CH][CH][CH]1.[CH]1[CH][CH][CH][CH]1.[Fe+2]. The fraction of sp³-hybridized carbons (Fsp3) is 0.0345. The number of rotatable bonds is 4. The first-order valence-electron chi connectivity index (χ1n) is 10.4. The van der Waals surface area contributed by atoms with Crippen LogP contribution in [0.5, 0.6) is 0 Å². The second-order valence-electron chi connectivity index (χ2n) is 7.35. The van der Waals surface area contributed by atoms with E-state index in [1.807, 2.05) is 119 Å². The van der Waals surface area contributed by atoms with E-state index in [2.05, 4.69) is 4.98 Å². The molecule has 0 N–H and O–H groups in total. The Bertz CT molecular complexity index is 1090. The van der Waals surface area contributed by atoms with Gasteiger partial charge in [-0.05, 0) is 94.5 Å². The average Bonchev–Trinajstić information content (AvgIpc) is 3.54. The van der Waals surface area contributed by atoms with E-state index in [-0.39, 0.29) is 22.9 Å². The molecule has 5 rings (SSSR count). The third-order valence-electron chi connectivity index (χ3n) is 5.11. The summed E-state index contributed by atoms with van der Waals surface area (Å²) in [6, 6.07) is 15.5. The van der Waals surface area contributed by atoms with Crippen molar-refractivity contribution in [3.8, 4) is 11.1 Å². The van der Waals surface area contributed by atoms with Crippen LogP contribution >= 0.6 is 11.6 Å². The van der Waals surface area contributed by atoms with Crippen LogP contribution in [0.3, 0.4) is 0 Å². The summed E-state index contributed by atoms with van der Waals surface area (Å²) in [4.78, 5) is 17.8. The first-order chi connectivity index (χ1) is 15.6. The Morgan fingerprint density at radius 1 is 0.879 bits per heavy atom. The maximum Gasteiger partial charge on any atom is 2.00 e. The summed E-state index contributed by atoms with van der Waals surface area (Å²) in [5.74, 6) is 0.931. The molecule has 162 valence electrons. The number of fused-ring (bicyclic) bond motifs is 1. The summed E-state index contributed by atoms with van der Waals surface area (Å²) < 4.78 is 0. The van der Waals surface area contributed by atoms with Crippen molar-refractivity contribution in [3.05, 3.63) is 141 Å². The molecule has 2 aliphatic rings. The molecule has 0 amide bonds. The normalized spacial score (nSPS) is 15.9. The van der Waals surface area contributed by atoms with Crippen molar-refractivity contribution in [2.45, 2.75) is 6.92 Å². The van der Waals surface area contributed by atoms with Crippen molar-refractivity contribution < 1.29 is 21.9 Å². The zero-order chi connectivity index (χ0) is 22.3. The minimum Gasteiger partial charge on any atom is -0.289 e. The number of pyridine rings is 1. The second-order valence-corrected chi connectivity index (χ2v) is 7.79. The molecule has 0 atom stereocenters. The molecule has 2 fully saturated rings. The fourth-order valence-corrected chi connectivity index (χ4v) is 3.81. The third kappa shape index (κ3) is 6.57. The molecule has 0 bridgehead atoms. The molecule has 10 radical (unpaired) electrons. The molecule has 2 aromatic carbocycles. The van der Waals surface area contributed by atoms with Crippen LogP contribution in [0.15, 0.2) is 60.7 Å². The van der Waals surface area contributed by atoms with Gasteiger partial charge in [0, 0.05) is 27.6 Å². The van der Waals surface area contributed by atoms with E-state index in [1.165, 1.54) is 0 Å². The van der Waals surface area contributed by atoms with E-state index in [9.17, 15) is 4.79 Å². The molecular formula is C29H22ClFeNO+2. The maximum atomic E-state index is 13.1. The van der Waals surface area contributed by atoms with Crippen LogP contribution in [0.1, 0.15) is 16.1 Å². The van der Waals surface area contributed by atoms with Gasteiger partial charge in [0.1, 0.15) is 0 Å². The summed E-state index contributed by atoms with van der Waals surface area (Å²) >= 11 is 6.25. The molecule has 2 saturated carbocycles. The van der Waals surface area contributed by atoms with Crippen LogP contribution in [0.4, 0.5) is 0 Å². The Balaban J connectivity index is 0.000000453. The minimum absolute atomic E-state index is 0. The molecule has 0 unspecified atom stereocenters. The quantitative estimate of drug-likeness (QED) is 0.223. The fourth-order valence-electron chi connectivity index (χ4n) is 3.64. The van der Waals surface area contributed by atoms with Gasteiger partial charge in [-0.2, -0.15) is 0 Å². The minimum atomic E-state index is -0.0677. The van der Waals surface area contributed by atoms with Crippen molar-refractivity contribution in [1.29, 1.82) is 0 Å². The number of hydrogen-bond donors (Lipinski definition) is 0. The Hall–Kier alpha value is -1.93. The molecule has 3 aromatic rings. The van der Waals surface area contributed by atoms with Crippen molar-refractivity contribution in [3.63, 3.8) is 0 Å². The molecule has 2 nitrogen and oxygen atoms in total. The van der Waals surface area contributed by atoms with E-state index < -0.39 is 0 Å². The molecular weight excluding hydrogens is 470 g/mol. The van der Waals surface area contributed by atoms with Crippen LogP contribution in [0, 0.1) is 70.6 Å². The number of hydrogen-bond acceptors (Lipinski definition) is 2. The number of carbonyl (C=O) groups is 1. The van der Waals surface area contributed by atoms with Gasteiger partial charge in [-0.3, -0.25) is 9.78 Å². The van der Waals surface area contributed by atoms with Gasteiger partial charge in [0.2, 0.25) is 0 Å². The van der Waals surface area contributed by atoms with Gasteiger partial charge in [-0.15, -0.1) is 0 Å². The summed E-state index contributed by atoms with van der Waals surface area (Å²) in [5, 5.41) is 1.50. The van der Waals surface area contributed by atoms with Gasteiger partial charge < -0.3 is 0 Å². The molecule has 4 heteroatoms. The topological polar surface area (TPSA) is 30.0 Å². The van der Waals surface area contributed by atoms with E-state index >= 15 is 0 Å². The van der Waals surface area contributed by atoms with E-state index in [0.717, 1.165) is 27.9 Å². The molecule has 0 spiro atoms. The van der Waals surface area contributed by atoms with Gasteiger partial charge in [0.25, 0.3) is 0 Å². The Morgan fingerprint density at radius 2 is 1.52 bits per heavy atom. The standard InChI is InChI=1S/C24H17ClNO.C5H5.Fe/c1-16-23(22(27)14-11-17-7-5-6-8-17)24(18-9-3-2-4-10-18)20-15-19(25)12-13-21(20)26-16;1-2-4-5-3-1;/h2-15H,1H3;1-5H;/q;;+2/b14-11+;;. The number of ketones is 1. The Labute approximate surface area is 213 Å². The molecule has 0 aliphatic heterocycles. The van der Waals surface area contributed by atoms with E-state index in [0.29, 0.717) is 16.3 Å². The van der Waals surface area contributed by atoms with Crippen molar-refractivity contribution in [1.82, 2.24) is 4.98 Å². The number of benzene rings is 2. The van der Waals surface area contributed by atoms with Crippen LogP contribution in [-0.2, 0) is 17.1 Å². The smallest absolute Gasteiger partial charge is 0.289 e. The largest absolute Gasteiger partial charge is 2.00 e. The zero-order valence-electron chi connectivity index (χ0n) is 18.1. The number of carbonyl (C=O) groups excluding carboxylic acids is 1. The molecule has 1 aromatic heterocycles. The van der Waals surface area contributed by atoms with Gasteiger partial charge in [-0.1, -0.05) is 48.0 Å². The first kappa shape index (κ1) is 25.7. The van der Waals surface area contributed by atoms with Crippen LogP contribution in [0.25, 0.3) is 22.0 Å². The van der Waals surface area contributed by atoms with Gasteiger partial charge in [0.05, 0.1) is 11.1 Å². The second kappa shape index (κ2) is 12.5. The van der Waals surface area contributed by atoms with E-state index in [1.54, 1.807) is 6.08 Å². The molecule has 2 aliphatic carbocycles. The summed E-state index contributed by atoms with van der Waals surface area (Å²) in [5.41, 5.74) is 3.99. The van der Waals surface area contributed by atoms with Crippen LogP contribution in [-0.4, -0.2) is 10.8 Å². The summed E-state index contributed by atoms with van der Waals surface area (Å²) in [7, 11) is 0. The Morgan fingerprint density at radius 3 is 2.15 bits per heavy atom. The number of nitrogens with zero attached hydrogens (tertiary/aromatic N) is 1. The van der Waals surface area contributed by atoms with Crippen molar-refractivity contribution >= 4 is 28.3 Å². The first-order valence-corrected chi connectivity index (χ1v) is 10.8. The monoisotopic (exact) mass is 491 g/mol. The maximum absolute atomic E-state index is 13.1. The molecule has 1 heterocycles. The number of halogens is 1. The molecule has 0 saturated heterocycles. The number of allylic oxidation sites excluding steroid dienone is 2. The van der Waals surface area contributed by atoms with Gasteiger partial charge in [-0.25, -0.2) is 0 Å². The Kier molecular flexibility index (Phi) is 9.74. The van der Waals surface area contributed by atoms with Gasteiger partial charge in [0.15, 0.2) is 5.78 Å². The zero-order valence-corrected chi connectivity index (χ0v) is 19.9. The van der Waals surface area contributed by atoms with Crippen molar-refractivity contribution in [2.75, 3.05) is 0 Å². The summed E-state index contributed by atoms with van der Waals surface area (Å²) in [6.45, 7) is 1.88. The number of aromatic nitrogens is 1. The van der Waals surface area contributed by atoms with Gasteiger partial charge >= 0.3 is 17.1 Å². The number of aryl methyl sites for hydroxylation is 1. The predicted octanol–water partition coefficient (Wildman–Crippen LogP) is 7.03. The predicted molar refractivity (Wildman–Crippen MR) is 132 cm³/mol. The van der Waals surface area contributed by atoms with Crippen LogP contribution in [0.2, 0.25) is 5.02 Å². The summed E-state index contributed by atoms with van der Waals surface area (Å²) in [6.07, 6.45) is 21.3. The molecule has 33 heavy (non-hydrogen) atoms. The van der Waals surface area contributed by atoms with E-state index in [4.69, 9.17) is 11.6 Å². The van der Waals surface area contributed by atoms with Crippen molar-refractivity contribution in [2.24, 2.45) is 0 Å².